The number of aromatic nitrogens is 2. The van der Waals surface area contributed by atoms with Gasteiger partial charge in [0.25, 0.3) is 0 Å². The Morgan fingerprint density at radius 3 is 2.78 bits per heavy atom. The SMILES string of the molecule is CN=C(NCc1ncccc1C)N(C)Cc1cc(Cl)cn1C.I. The molecule has 0 bridgehead atoms. The molecule has 0 spiro atoms. The second kappa shape index (κ2) is 9.12. The van der Waals surface area contributed by atoms with Crippen LogP contribution in [0.25, 0.3) is 0 Å². The number of aliphatic imine (C=N–C) groups is 1. The molecule has 23 heavy (non-hydrogen) atoms. The molecule has 0 radical (unpaired) electrons. The number of nitrogens with one attached hydrogen (secondary N) is 1. The first-order valence-electron chi connectivity index (χ1n) is 7.14. The van der Waals surface area contributed by atoms with Crippen LogP contribution in [0, 0.1) is 6.92 Å². The minimum absolute atomic E-state index is 0. The van der Waals surface area contributed by atoms with E-state index in [1.165, 1.54) is 5.56 Å². The van der Waals surface area contributed by atoms with Crippen LogP contribution in [0.5, 0.6) is 0 Å². The van der Waals surface area contributed by atoms with Crippen molar-refractivity contribution in [2.75, 3.05) is 14.1 Å². The van der Waals surface area contributed by atoms with Gasteiger partial charge < -0.3 is 14.8 Å². The molecule has 0 aromatic carbocycles. The third-order valence-corrected chi connectivity index (χ3v) is 3.79. The number of nitrogens with zero attached hydrogens (tertiary/aromatic N) is 4. The van der Waals surface area contributed by atoms with Gasteiger partial charge in [-0.3, -0.25) is 9.98 Å². The van der Waals surface area contributed by atoms with E-state index < -0.39 is 0 Å². The fourth-order valence-corrected chi connectivity index (χ4v) is 2.56. The number of hydrogen-bond donors (Lipinski definition) is 1. The fourth-order valence-electron chi connectivity index (χ4n) is 2.29. The Labute approximate surface area is 159 Å². The minimum atomic E-state index is 0. The summed E-state index contributed by atoms with van der Waals surface area (Å²) in [6, 6.07) is 5.97. The van der Waals surface area contributed by atoms with Gasteiger partial charge in [-0.2, -0.15) is 0 Å². The van der Waals surface area contributed by atoms with Gasteiger partial charge in [0.2, 0.25) is 0 Å². The van der Waals surface area contributed by atoms with Gasteiger partial charge in [-0.1, -0.05) is 17.7 Å². The van der Waals surface area contributed by atoms with Crippen LogP contribution in [0.2, 0.25) is 5.02 Å². The highest BCUT2D eigenvalue weighted by molar-refractivity contribution is 14.0. The molecule has 2 aromatic heterocycles. The summed E-state index contributed by atoms with van der Waals surface area (Å²) in [5.41, 5.74) is 3.32. The average molecular weight is 448 g/mol. The fraction of sp³-hybridized carbons (Fsp3) is 0.375. The predicted molar refractivity (Wildman–Crippen MR) is 106 cm³/mol. The van der Waals surface area contributed by atoms with Crippen molar-refractivity contribution in [2.45, 2.75) is 20.0 Å². The van der Waals surface area contributed by atoms with Crippen LogP contribution in [-0.2, 0) is 20.1 Å². The van der Waals surface area contributed by atoms with E-state index in [0.29, 0.717) is 6.54 Å². The lowest BCUT2D eigenvalue weighted by atomic mass is 10.2. The number of guanidine groups is 1. The Morgan fingerprint density at radius 1 is 1.48 bits per heavy atom. The first-order chi connectivity index (χ1) is 10.5. The zero-order valence-electron chi connectivity index (χ0n) is 13.9. The normalized spacial score (nSPS) is 11.1. The predicted octanol–water partition coefficient (Wildman–Crippen LogP) is 3.21. The van der Waals surface area contributed by atoms with E-state index in [1.807, 2.05) is 43.2 Å². The van der Waals surface area contributed by atoms with Gasteiger partial charge >= 0.3 is 0 Å². The summed E-state index contributed by atoms with van der Waals surface area (Å²) in [4.78, 5) is 10.8. The molecule has 0 saturated heterocycles. The van der Waals surface area contributed by atoms with Gasteiger partial charge in [-0.05, 0) is 24.6 Å². The van der Waals surface area contributed by atoms with Crippen molar-refractivity contribution >= 4 is 41.5 Å². The third kappa shape index (κ3) is 5.39. The lowest BCUT2D eigenvalue weighted by molar-refractivity contribution is 0.461. The van der Waals surface area contributed by atoms with Crippen molar-refractivity contribution in [3.8, 4) is 0 Å². The van der Waals surface area contributed by atoms with Gasteiger partial charge in [0, 0.05) is 39.2 Å². The third-order valence-electron chi connectivity index (χ3n) is 3.58. The molecule has 0 aliphatic heterocycles. The minimum Gasteiger partial charge on any atom is -0.351 e. The van der Waals surface area contributed by atoms with Crippen LogP contribution >= 0.6 is 35.6 Å². The monoisotopic (exact) mass is 447 g/mol. The Balaban J connectivity index is 0.00000264. The first-order valence-corrected chi connectivity index (χ1v) is 7.52. The maximum atomic E-state index is 6.03. The molecule has 0 unspecified atom stereocenters. The maximum Gasteiger partial charge on any atom is 0.194 e. The van der Waals surface area contributed by atoms with E-state index in [-0.39, 0.29) is 24.0 Å². The van der Waals surface area contributed by atoms with Crippen molar-refractivity contribution in [2.24, 2.45) is 12.0 Å². The summed E-state index contributed by atoms with van der Waals surface area (Å²) in [5.74, 6) is 0.822. The van der Waals surface area contributed by atoms with Gasteiger partial charge in [0.1, 0.15) is 0 Å². The Hall–Kier alpha value is -1.28. The summed E-state index contributed by atoms with van der Waals surface area (Å²) in [6.45, 7) is 3.43. The lowest BCUT2D eigenvalue weighted by Gasteiger charge is -2.22. The molecule has 1 N–H and O–H groups in total. The molecule has 0 saturated carbocycles. The highest BCUT2D eigenvalue weighted by atomic mass is 127. The average Bonchev–Trinajstić information content (AvgIpc) is 2.79. The van der Waals surface area contributed by atoms with Crippen LogP contribution in [0.4, 0.5) is 0 Å². The van der Waals surface area contributed by atoms with Gasteiger partial charge in [-0.25, -0.2) is 0 Å². The molecule has 0 fully saturated rings. The van der Waals surface area contributed by atoms with E-state index in [4.69, 9.17) is 11.6 Å². The van der Waals surface area contributed by atoms with Crippen LogP contribution in [-0.4, -0.2) is 34.5 Å². The van der Waals surface area contributed by atoms with Crippen LogP contribution in [0.15, 0.2) is 35.6 Å². The Bertz CT molecular complexity index is 668. The smallest absolute Gasteiger partial charge is 0.194 e. The van der Waals surface area contributed by atoms with Gasteiger partial charge in [0.05, 0.1) is 23.8 Å². The zero-order chi connectivity index (χ0) is 16.1. The number of hydrogen-bond acceptors (Lipinski definition) is 2. The molecule has 126 valence electrons. The molecule has 2 rings (SSSR count). The van der Waals surface area contributed by atoms with Gasteiger partial charge in [0.15, 0.2) is 5.96 Å². The molecule has 0 amide bonds. The quantitative estimate of drug-likeness (QED) is 0.445. The van der Waals surface area contributed by atoms with Crippen molar-refractivity contribution in [3.05, 3.63) is 52.6 Å². The molecule has 7 heteroatoms. The maximum absolute atomic E-state index is 6.03. The van der Waals surface area contributed by atoms with Crippen LogP contribution < -0.4 is 5.32 Å². The number of aryl methyl sites for hydroxylation is 2. The van der Waals surface area contributed by atoms with Crippen molar-refractivity contribution < 1.29 is 0 Å². The summed E-state index contributed by atoms with van der Waals surface area (Å²) in [5, 5.41) is 4.09. The summed E-state index contributed by atoms with van der Waals surface area (Å²) < 4.78 is 2.02. The first kappa shape index (κ1) is 19.8. The molecular formula is C16H23ClIN5. The van der Waals surface area contributed by atoms with Crippen molar-refractivity contribution in [1.82, 2.24) is 19.8 Å². The Kier molecular flexibility index (Phi) is 7.84. The highest BCUT2D eigenvalue weighted by Crippen LogP contribution is 2.14. The topological polar surface area (TPSA) is 45.5 Å². The summed E-state index contributed by atoms with van der Waals surface area (Å²) in [6.07, 6.45) is 3.71. The molecular weight excluding hydrogens is 425 g/mol. The van der Waals surface area contributed by atoms with E-state index in [1.54, 1.807) is 7.05 Å². The zero-order valence-corrected chi connectivity index (χ0v) is 17.0. The second-order valence-electron chi connectivity index (χ2n) is 5.28. The van der Waals surface area contributed by atoms with Crippen LogP contribution in [0.3, 0.4) is 0 Å². The Morgan fingerprint density at radius 2 is 2.22 bits per heavy atom. The highest BCUT2D eigenvalue weighted by Gasteiger charge is 2.10. The van der Waals surface area contributed by atoms with Gasteiger partial charge in [-0.15, -0.1) is 24.0 Å². The van der Waals surface area contributed by atoms with Crippen LogP contribution in [0.1, 0.15) is 17.0 Å². The van der Waals surface area contributed by atoms with E-state index in [2.05, 4.69) is 33.2 Å². The second-order valence-corrected chi connectivity index (χ2v) is 5.72. The summed E-state index contributed by atoms with van der Waals surface area (Å²) in [7, 11) is 5.77. The largest absolute Gasteiger partial charge is 0.351 e. The summed E-state index contributed by atoms with van der Waals surface area (Å²) >= 11 is 6.03. The van der Waals surface area contributed by atoms with E-state index >= 15 is 0 Å². The molecule has 0 atom stereocenters. The van der Waals surface area contributed by atoms with Crippen molar-refractivity contribution in [1.29, 1.82) is 0 Å². The molecule has 5 nitrogen and oxygen atoms in total. The molecule has 0 aliphatic rings. The number of halogens is 2. The molecule has 0 aliphatic carbocycles. The van der Waals surface area contributed by atoms with Crippen molar-refractivity contribution in [3.63, 3.8) is 0 Å². The molecule has 2 aromatic rings. The molecule has 2 heterocycles. The lowest BCUT2D eigenvalue weighted by Crippen LogP contribution is -2.38. The van der Waals surface area contributed by atoms with E-state index in [9.17, 15) is 0 Å². The standard InChI is InChI=1S/C16H22ClN5.HI/c1-12-6-5-7-19-15(12)9-20-16(18-2)22(4)11-14-8-13(17)10-21(14)3;/h5-8,10H,9,11H2,1-4H3,(H,18,20);1H. The number of rotatable bonds is 4. The number of pyridine rings is 1. The van der Waals surface area contributed by atoms with E-state index in [0.717, 1.165) is 28.9 Å².